The molecule has 0 aliphatic heterocycles. The second-order valence-electron chi connectivity index (χ2n) is 5.33. The third kappa shape index (κ3) is 4.87. The maximum atomic E-state index is 12.4. The van der Waals surface area contributed by atoms with Gasteiger partial charge in [-0.25, -0.2) is 4.79 Å². The summed E-state index contributed by atoms with van der Waals surface area (Å²) in [7, 11) is 0. The van der Waals surface area contributed by atoms with Crippen LogP contribution in [-0.4, -0.2) is 32.7 Å². The smallest absolute Gasteiger partial charge is 0.318 e. The van der Waals surface area contributed by atoms with Crippen molar-refractivity contribution in [2.24, 2.45) is 0 Å². The first kappa shape index (κ1) is 16.0. The summed E-state index contributed by atoms with van der Waals surface area (Å²) in [4.78, 5) is 18.2. The Morgan fingerprint density at radius 3 is 2.77 bits per heavy atom. The van der Waals surface area contributed by atoms with Crippen molar-refractivity contribution in [2.75, 3.05) is 6.54 Å². The number of urea groups is 1. The van der Waals surface area contributed by atoms with Crippen LogP contribution in [0.1, 0.15) is 36.7 Å². The Kier molecular flexibility index (Phi) is 5.94. The van der Waals surface area contributed by atoms with Gasteiger partial charge in [0, 0.05) is 31.2 Å². The van der Waals surface area contributed by atoms with Crippen LogP contribution in [0.15, 0.2) is 30.6 Å². The van der Waals surface area contributed by atoms with Crippen LogP contribution in [-0.2, 0) is 13.1 Å². The predicted molar refractivity (Wildman–Crippen MR) is 85.1 cm³/mol. The van der Waals surface area contributed by atoms with E-state index in [1.807, 2.05) is 30.0 Å². The largest absolute Gasteiger partial charge is 0.332 e. The molecule has 2 N–H and O–H groups in total. The van der Waals surface area contributed by atoms with Crippen molar-refractivity contribution in [2.45, 2.75) is 39.8 Å². The average Bonchev–Trinajstić information content (AvgIpc) is 2.95. The second-order valence-corrected chi connectivity index (χ2v) is 5.33. The molecule has 2 aromatic heterocycles. The standard InChI is InChI=1S/C16H23N5O/c1-3-4-9-21(12-14-5-7-17-8-6-14)16(22)18-11-15-10-13(2)19-20-15/h5-8,10H,3-4,9,11-12H2,1-2H3,(H,18,22)(H,19,20). The van der Waals surface area contributed by atoms with Gasteiger partial charge in [-0.05, 0) is 37.1 Å². The molecule has 0 radical (unpaired) electrons. The number of pyridine rings is 1. The fraction of sp³-hybridized carbons (Fsp3) is 0.438. The van der Waals surface area contributed by atoms with Crippen LogP contribution in [0.5, 0.6) is 0 Å². The molecule has 2 heterocycles. The number of H-pyrrole nitrogens is 1. The molecule has 6 nitrogen and oxygen atoms in total. The van der Waals surface area contributed by atoms with Gasteiger partial charge in [0.05, 0.1) is 12.2 Å². The lowest BCUT2D eigenvalue weighted by molar-refractivity contribution is 0.193. The number of aryl methyl sites for hydroxylation is 1. The summed E-state index contributed by atoms with van der Waals surface area (Å²) in [5.74, 6) is 0. The first-order chi connectivity index (χ1) is 10.7. The van der Waals surface area contributed by atoms with E-state index in [1.54, 1.807) is 12.4 Å². The van der Waals surface area contributed by atoms with E-state index in [4.69, 9.17) is 0 Å². The summed E-state index contributed by atoms with van der Waals surface area (Å²) in [5, 5.41) is 9.93. The third-order valence-electron chi connectivity index (χ3n) is 3.37. The van der Waals surface area contributed by atoms with Gasteiger partial charge in [-0.3, -0.25) is 10.1 Å². The van der Waals surface area contributed by atoms with Crippen LogP contribution in [0, 0.1) is 6.92 Å². The molecule has 0 aliphatic carbocycles. The average molecular weight is 301 g/mol. The van der Waals surface area contributed by atoms with Gasteiger partial charge in [0.25, 0.3) is 0 Å². The van der Waals surface area contributed by atoms with Crippen molar-refractivity contribution >= 4 is 6.03 Å². The molecule has 118 valence electrons. The van der Waals surface area contributed by atoms with Crippen LogP contribution >= 0.6 is 0 Å². The number of carbonyl (C=O) groups is 1. The van der Waals surface area contributed by atoms with Crippen LogP contribution in [0.4, 0.5) is 4.79 Å². The maximum absolute atomic E-state index is 12.4. The number of rotatable bonds is 7. The molecule has 0 spiro atoms. The lowest BCUT2D eigenvalue weighted by atomic mass is 10.2. The number of nitrogens with zero attached hydrogens (tertiary/aromatic N) is 3. The van der Waals surface area contributed by atoms with E-state index in [9.17, 15) is 4.79 Å². The highest BCUT2D eigenvalue weighted by Gasteiger charge is 2.13. The Morgan fingerprint density at radius 1 is 1.36 bits per heavy atom. The van der Waals surface area contributed by atoms with Crippen LogP contribution in [0.25, 0.3) is 0 Å². The molecule has 0 aromatic carbocycles. The molecule has 2 aromatic rings. The molecular weight excluding hydrogens is 278 g/mol. The Morgan fingerprint density at radius 2 is 2.14 bits per heavy atom. The quantitative estimate of drug-likeness (QED) is 0.825. The summed E-state index contributed by atoms with van der Waals surface area (Å²) in [5.41, 5.74) is 2.91. The minimum atomic E-state index is -0.0640. The van der Waals surface area contributed by atoms with Crippen molar-refractivity contribution in [3.8, 4) is 0 Å². The predicted octanol–water partition coefficient (Wildman–Crippen LogP) is 2.63. The highest BCUT2D eigenvalue weighted by Crippen LogP contribution is 2.06. The zero-order valence-electron chi connectivity index (χ0n) is 13.2. The third-order valence-corrected chi connectivity index (χ3v) is 3.37. The zero-order valence-corrected chi connectivity index (χ0v) is 13.2. The van der Waals surface area contributed by atoms with Crippen molar-refractivity contribution in [1.29, 1.82) is 0 Å². The number of aromatic amines is 1. The van der Waals surface area contributed by atoms with Crippen molar-refractivity contribution in [3.05, 3.63) is 47.5 Å². The van der Waals surface area contributed by atoms with Crippen LogP contribution in [0.3, 0.4) is 0 Å². The molecule has 2 rings (SSSR count). The molecule has 0 fully saturated rings. The van der Waals surface area contributed by atoms with E-state index in [-0.39, 0.29) is 6.03 Å². The Balaban J connectivity index is 1.93. The number of amides is 2. The van der Waals surface area contributed by atoms with Gasteiger partial charge in [0.15, 0.2) is 0 Å². The summed E-state index contributed by atoms with van der Waals surface area (Å²) >= 11 is 0. The number of unbranched alkanes of at least 4 members (excludes halogenated alkanes) is 1. The van der Waals surface area contributed by atoms with Gasteiger partial charge in [0.1, 0.15) is 0 Å². The van der Waals surface area contributed by atoms with Gasteiger partial charge in [0.2, 0.25) is 0 Å². The summed E-state index contributed by atoms with van der Waals surface area (Å²) in [6.45, 7) is 5.82. The molecule has 0 bridgehead atoms. The molecule has 0 saturated heterocycles. The molecule has 6 heteroatoms. The highest BCUT2D eigenvalue weighted by atomic mass is 16.2. The van der Waals surface area contributed by atoms with Gasteiger partial charge < -0.3 is 10.2 Å². The minimum absolute atomic E-state index is 0.0640. The van der Waals surface area contributed by atoms with Crippen molar-refractivity contribution < 1.29 is 4.79 Å². The number of nitrogens with one attached hydrogen (secondary N) is 2. The number of aromatic nitrogens is 3. The Bertz CT molecular complexity index is 581. The first-order valence-corrected chi connectivity index (χ1v) is 7.61. The van der Waals surface area contributed by atoms with Gasteiger partial charge in [-0.2, -0.15) is 5.10 Å². The van der Waals surface area contributed by atoms with E-state index in [2.05, 4.69) is 27.4 Å². The fourth-order valence-corrected chi connectivity index (χ4v) is 2.15. The Hall–Kier alpha value is -2.37. The molecule has 22 heavy (non-hydrogen) atoms. The minimum Gasteiger partial charge on any atom is -0.332 e. The first-order valence-electron chi connectivity index (χ1n) is 7.61. The zero-order chi connectivity index (χ0) is 15.8. The lowest BCUT2D eigenvalue weighted by Gasteiger charge is -2.23. The topological polar surface area (TPSA) is 73.9 Å². The fourth-order valence-electron chi connectivity index (χ4n) is 2.15. The van der Waals surface area contributed by atoms with E-state index in [1.165, 1.54) is 0 Å². The van der Waals surface area contributed by atoms with Gasteiger partial charge >= 0.3 is 6.03 Å². The second kappa shape index (κ2) is 8.17. The van der Waals surface area contributed by atoms with Gasteiger partial charge in [-0.15, -0.1) is 0 Å². The van der Waals surface area contributed by atoms with Crippen LogP contribution < -0.4 is 5.32 Å². The molecule has 0 unspecified atom stereocenters. The molecule has 0 aliphatic rings. The monoisotopic (exact) mass is 301 g/mol. The number of hydrogen-bond acceptors (Lipinski definition) is 3. The molecular formula is C16H23N5O. The van der Waals surface area contributed by atoms with Gasteiger partial charge in [-0.1, -0.05) is 13.3 Å². The Labute approximate surface area is 130 Å². The molecule has 0 atom stereocenters. The summed E-state index contributed by atoms with van der Waals surface area (Å²) < 4.78 is 0. The van der Waals surface area contributed by atoms with Crippen molar-refractivity contribution in [1.82, 2.24) is 25.4 Å². The highest BCUT2D eigenvalue weighted by molar-refractivity contribution is 5.74. The number of hydrogen-bond donors (Lipinski definition) is 2. The SMILES string of the molecule is CCCCN(Cc1ccncc1)C(=O)NCc1cc(C)[nH]n1. The van der Waals surface area contributed by atoms with Crippen molar-refractivity contribution in [3.63, 3.8) is 0 Å². The summed E-state index contributed by atoms with van der Waals surface area (Å²) in [6, 6.07) is 5.73. The number of carbonyl (C=O) groups excluding carboxylic acids is 1. The summed E-state index contributed by atoms with van der Waals surface area (Å²) in [6.07, 6.45) is 5.54. The van der Waals surface area contributed by atoms with E-state index in [0.717, 1.165) is 36.3 Å². The normalized spacial score (nSPS) is 10.5. The van der Waals surface area contributed by atoms with E-state index >= 15 is 0 Å². The van der Waals surface area contributed by atoms with E-state index < -0.39 is 0 Å². The van der Waals surface area contributed by atoms with Crippen LogP contribution in [0.2, 0.25) is 0 Å². The maximum Gasteiger partial charge on any atom is 0.318 e. The molecule has 0 saturated carbocycles. The van der Waals surface area contributed by atoms with E-state index in [0.29, 0.717) is 13.1 Å². The lowest BCUT2D eigenvalue weighted by Crippen LogP contribution is -2.39. The molecule has 2 amide bonds.